The fraction of sp³-hybridized carbons (Fsp3) is 1.00. The molecule has 0 aliphatic rings. The summed E-state index contributed by atoms with van der Waals surface area (Å²) < 4.78 is 20.5. The van der Waals surface area contributed by atoms with E-state index in [1.54, 1.807) is 0 Å². The number of hydrogen-bond donors (Lipinski definition) is 2. The van der Waals surface area contributed by atoms with Crippen molar-refractivity contribution in [1.29, 1.82) is 0 Å². The van der Waals surface area contributed by atoms with Gasteiger partial charge in [-0.05, 0) is 6.92 Å². The molecule has 4 nitrogen and oxygen atoms in total. The Kier molecular flexibility index (Phi) is 2.39. The summed E-state index contributed by atoms with van der Waals surface area (Å²) in [7, 11) is -3.38. The van der Waals surface area contributed by atoms with E-state index in [4.69, 9.17) is 5.73 Å². The molecule has 0 radical (unpaired) electrons. The second kappa shape index (κ2) is 2.43. The van der Waals surface area contributed by atoms with Gasteiger partial charge in [0.15, 0.2) is 0 Å². The van der Waals surface area contributed by atoms with Crippen LogP contribution in [-0.4, -0.2) is 20.2 Å². The molecule has 0 saturated carbocycles. The quantitative estimate of drug-likeness (QED) is 0.493. The maximum absolute atomic E-state index is 10.3. The van der Waals surface area contributed by atoms with Crippen LogP contribution in [0.2, 0.25) is 0 Å². The zero-order valence-corrected chi connectivity index (χ0v) is 5.48. The smallest absolute Gasteiger partial charge is 0.212 e. The number of rotatable bonds is 2. The summed E-state index contributed by atoms with van der Waals surface area (Å²) in [4.78, 5) is 0. The molecule has 5 heteroatoms. The fourth-order valence-corrected chi connectivity index (χ4v) is 0.402. The van der Waals surface area contributed by atoms with Gasteiger partial charge in [0.2, 0.25) is 10.0 Å². The van der Waals surface area contributed by atoms with Gasteiger partial charge in [-0.2, -0.15) is 0 Å². The van der Waals surface area contributed by atoms with Crippen LogP contribution in [0.25, 0.3) is 0 Å². The maximum Gasteiger partial charge on any atom is 0.212 e. The van der Waals surface area contributed by atoms with Crippen LogP contribution < -0.4 is 10.9 Å². The monoisotopic (exact) mass is 138 g/mol. The van der Waals surface area contributed by atoms with Gasteiger partial charge >= 0.3 is 0 Å². The number of nitrogens with two attached hydrogens (primary N) is 2. The van der Waals surface area contributed by atoms with Crippen molar-refractivity contribution >= 4 is 10.0 Å². The first-order valence-corrected chi connectivity index (χ1v) is 3.81. The molecule has 0 aromatic rings. The van der Waals surface area contributed by atoms with E-state index in [1.807, 2.05) is 0 Å². The summed E-state index contributed by atoms with van der Waals surface area (Å²) >= 11 is 0. The lowest BCUT2D eigenvalue weighted by Crippen LogP contribution is -2.32. The van der Waals surface area contributed by atoms with Crippen molar-refractivity contribution in [3.63, 3.8) is 0 Å². The highest BCUT2D eigenvalue weighted by Gasteiger charge is 2.11. The second-order valence-corrected chi connectivity index (χ2v) is 3.62. The van der Waals surface area contributed by atoms with Gasteiger partial charge in [0.25, 0.3) is 0 Å². The highest BCUT2D eigenvalue weighted by Crippen LogP contribution is 1.88. The molecule has 0 amide bonds. The molecular weight excluding hydrogens is 128 g/mol. The van der Waals surface area contributed by atoms with Crippen LogP contribution in [0.1, 0.15) is 6.92 Å². The highest BCUT2D eigenvalue weighted by atomic mass is 32.2. The standard InChI is InChI=1S/C3H10N2O2S/c1-3(2-4)8(5,6)7/h3H,2,4H2,1H3,(H2,5,6,7)/t3-/m0/s1. The average Bonchev–Trinajstić information content (AvgIpc) is 1.62. The van der Waals surface area contributed by atoms with E-state index < -0.39 is 15.3 Å². The minimum atomic E-state index is -3.38. The van der Waals surface area contributed by atoms with Crippen LogP contribution in [0.15, 0.2) is 0 Å². The zero-order chi connectivity index (χ0) is 6.78. The van der Waals surface area contributed by atoms with E-state index in [0.29, 0.717) is 0 Å². The molecule has 0 unspecified atom stereocenters. The van der Waals surface area contributed by atoms with Crippen molar-refractivity contribution in [3.8, 4) is 0 Å². The predicted octanol–water partition coefficient (Wildman–Crippen LogP) is -1.38. The topological polar surface area (TPSA) is 86.2 Å². The third-order valence-corrected chi connectivity index (χ3v) is 2.21. The third kappa shape index (κ3) is 2.25. The van der Waals surface area contributed by atoms with E-state index in [1.165, 1.54) is 6.92 Å². The fourth-order valence-electron chi connectivity index (χ4n) is 0.134. The molecule has 0 fully saturated rings. The van der Waals surface area contributed by atoms with Crippen LogP contribution in [0.3, 0.4) is 0 Å². The number of sulfonamides is 1. The minimum absolute atomic E-state index is 0.0822. The van der Waals surface area contributed by atoms with Gasteiger partial charge in [0.05, 0.1) is 5.25 Å². The molecule has 0 aromatic carbocycles. The molecule has 4 N–H and O–H groups in total. The summed E-state index contributed by atoms with van der Waals surface area (Å²) in [6.45, 7) is 1.55. The van der Waals surface area contributed by atoms with Crippen LogP contribution in [0.5, 0.6) is 0 Å². The summed E-state index contributed by atoms with van der Waals surface area (Å²) in [6.07, 6.45) is 0. The van der Waals surface area contributed by atoms with Gasteiger partial charge in [0.1, 0.15) is 0 Å². The molecule has 0 aliphatic carbocycles. The SMILES string of the molecule is C[C@@H](CN)S(N)(=O)=O. The van der Waals surface area contributed by atoms with Crippen LogP contribution >= 0.6 is 0 Å². The van der Waals surface area contributed by atoms with E-state index in [9.17, 15) is 8.42 Å². The summed E-state index contributed by atoms with van der Waals surface area (Å²) in [5.74, 6) is 0. The molecule has 0 heterocycles. The lowest BCUT2D eigenvalue weighted by atomic mass is 10.5. The Morgan fingerprint density at radius 3 is 2.00 bits per heavy atom. The Bertz CT molecular complexity index is 151. The van der Waals surface area contributed by atoms with Gasteiger partial charge in [-0.15, -0.1) is 0 Å². The van der Waals surface area contributed by atoms with Crippen LogP contribution in [-0.2, 0) is 10.0 Å². The molecule has 0 rings (SSSR count). The Labute approximate surface area is 48.9 Å². The van der Waals surface area contributed by atoms with E-state index in [0.717, 1.165) is 0 Å². The Morgan fingerprint density at radius 2 is 2.00 bits per heavy atom. The summed E-state index contributed by atoms with van der Waals surface area (Å²) in [6, 6.07) is 0. The molecule has 0 aromatic heterocycles. The number of primary sulfonamides is 1. The van der Waals surface area contributed by atoms with Gasteiger partial charge in [-0.1, -0.05) is 0 Å². The Hall–Kier alpha value is -0.130. The number of hydrogen-bond acceptors (Lipinski definition) is 3. The van der Waals surface area contributed by atoms with Crippen molar-refractivity contribution in [3.05, 3.63) is 0 Å². The maximum atomic E-state index is 10.3. The predicted molar refractivity (Wildman–Crippen MR) is 31.6 cm³/mol. The van der Waals surface area contributed by atoms with Crippen LogP contribution in [0, 0.1) is 0 Å². The van der Waals surface area contributed by atoms with Gasteiger partial charge < -0.3 is 5.73 Å². The molecule has 0 aliphatic heterocycles. The zero-order valence-electron chi connectivity index (χ0n) is 4.66. The highest BCUT2D eigenvalue weighted by molar-refractivity contribution is 7.89. The molecule has 1 atom stereocenters. The molecule has 8 heavy (non-hydrogen) atoms. The Balaban J connectivity index is 4.04. The van der Waals surface area contributed by atoms with Crippen molar-refractivity contribution in [2.24, 2.45) is 10.9 Å². The molecular formula is C3H10N2O2S. The third-order valence-electron chi connectivity index (χ3n) is 0.893. The summed E-state index contributed by atoms with van der Waals surface area (Å²) in [5, 5.41) is 4.06. The van der Waals surface area contributed by atoms with Crippen molar-refractivity contribution in [2.75, 3.05) is 6.54 Å². The first-order chi connectivity index (χ1) is 3.48. The van der Waals surface area contributed by atoms with Gasteiger partial charge in [-0.25, -0.2) is 13.6 Å². The second-order valence-electron chi connectivity index (χ2n) is 1.64. The first kappa shape index (κ1) is 7.87. The van der Waals surface area contributed by atoms with Gasteiger partial charge in [0, 0.05) is 6.54 Å². The molecule has 0 saturated heterocycles. The van der Waals surface area contributed by atoms with Gasteiger partial charge in [-0.3, -0.25) is 0 Å². The van der Waals surface area contributed by atoms with Crippen molar-refractivity contribution in [2.45, 2.75) is 12.2 Å². The average molecular weight is 138 g/mol. The lowest BCUT2D eigenvalue weighted by molar-refractivity contribution is 0.586. The van der Waals surface area contributed by atoms with E-state index >= 15 is 0 Å². The minimum Gasteiger partial charge on any atom is -0.329 e. The van der Waals surface area contributed by atoms with E-state index in [2.05, 4.69) is 5.14 Å². The Morgan fingerprint density at radius 1 is 1.62 bits per heavy atom. The normalized spacial score (nSPS) is 15.9. The first-order valence-electron chi connectivity index (χ1n) is 2.20. The van der Waals surface area contributed by atoms with Crippen molar-refractivity contribution in [1.82, 2.24) is 0 Å². The molecule has 50 valence electrons. The van der Waals surface area contributed by atoms with Crippen molar-refractivity contribution < 1.29 is 8.42 Å². The summed E-state index contributed by atoms with van der Waals surface area (Å²) in [5.41, 5.74) is 5.00. The molecule has 0 spiro atoms. The molecule has 0 bridgehead atoms. The lowest BCUT2D eigenvalue weighted by Gasteiger charge is -2.02. The van der Waals surface area contributed by atoms with Crippen LogP contribution in [0.4, 0.5) is 0 Å². The van der Waals surface area contributed by atoms with E-state index in [-0.39, 0.29) is 6.54 Å². The largest absolute Gasteiger partial charge is 0.329 e.